The fourth-order valence-electron chi connectivity index (χ4n) is 22.8. The minimum atomic E-state index is -0.158. The van der Waals surface area contributed by atoms with Crippen LogP contribution >= 0.6 is 0 Å². The van der Waals surface area contributed by atoms with E-state index in [1.807, 2.05) is 0 Å². The Labute approximate surface area is 799 Å². The van der Waals surface area contributed by atoms with Gasteiger partial charge in [-0.2, -0.15) is 0 Å². The highest BCUT2D eigenvalue weighted by Gasteiger charge is 2.43. The van der Waals surface area contributed by atoms with Crippen LogP contribution in [0.15, 0.2) is 473 Å². The predicted molar refractivity (Wildman–Crippen MR) is 582 cm³/mol. The Bertz CT molecular complexity index is 8050. The van der Waals surface area contributed by atoms with Crippen LogP contribution in [0.2, 0.25) is 0 Å². The average Bonchev–Trinajstić information content (AvgIpc) is 1.14. The maximum atomic E-state index is 2.50. The van der Waals surface area contributed by atoms with Gasteiger partial charge in [0, 0.05) is 45.0 Å². The zero-order valence-corrected chi connectivity index (χ0v) is 77.1. The van der Waals surface area contributed by atoms with Gasteiger partial charge in [-0.1, -0.05) is 440 Å². The van der Waals surface area contributed by atoms with E-state index in [0.717, 1.165) is 87.4 Å². The standard InChI is InChI=1S/C134H102N2/c1-5-133(6-2)125-85-91(65-77-117(125)119-81-75-107(88-127(119)133)135(103-49-25-13-26-50-103)104-51-27-14-28-52-104)63-67-96-73-79-115(113-59-35-33-57-109(96)113)122-62-38-61-121-111(83-84-112(132(121)122)94-39-17-9-18-40-94)102-48-37-47-101(87-102)93-69-71-100(72-70-93)131-129(98-43-21-11-22-44-98)123(95-41-19-10-20-42-95)90-124(130(131)99-45-23-12-24-46-99)116-80-74-97(110-58-34-36-60-114(110)116)68-64-92-66-78-118-120-82-76-108(89-128(120)134(7-3,8-4)126(118)86-92)136(105-53-29-15-30-54-105)106-55-31-16-32-56-106/h9-90H,5-8H2,1-4H3. The molecule has 0 saturated heterocycles. The number of fused-ring (bicyclic) bond motifs is 9. The molecule has 0 unspecified atom stereocenters. The van der Waals surface area contributed by atoms with E-state index in [-0.39, 0.29) is 10.8 Å². The monoisotopic (exact) mass is 1740 g/mol. The van der Waals surface area contributed by atoms with Crippen LogP contribution in [-0.4, -0.2) is 0 Å². The SMILES string of the molecule is CCC1(CC)c2cc(C=Cc3ccc(-c4cc(-c5ccccc5)c(-c5ccccc5)c(-c5ccc(-c6cccc(-c7ccc(-c8ccccc8)c8c(-c9ccc(C=Cc%10ccc%11c(c%10)C(CC)(CC)c%10cc(N(c%12ccccc%12)c%12ccccc%12)ccc%10-%11)c%10ccccc9%10)cccc78)c6)cc5)c4-c4ccccc4)c4ccccc34)ccc2-c2ccc(N(c3ccccc3)c3ccccc3)cc21. The molecule has 0 radical (unpaired) electrons. The molecule has 0 atom stereocenters. The van der Waals surface area contributed by atoms with Crippen molar-refractivity contribution in [3.05, 3.63) is 518 Å². The van der Waals surface area contributed by atoms with Gasteiger partial charge in [-0.05, 0) is 310 Å². The van der Waals surface area contributed by atoms with E-state index in [1.54, 1.807) is 0 Å². The topological polar surface area (TPSA) is 6.48 Å². The molecule has 0 bridgehead atoms. The van der Waals surface area contributed by atoms with E-state index >= 15 is 0 Å². The number of para-hydroxylation sites is 4. The van der Waals surface area contributed by atoms with E-state index in [0.29, 0.717) is 0 Å². The highest BCUT2D eigenvalue weighted by molar-refractivity contribution is 6.17. The van der Waals surface area contributed by atoms with Crippen LogP contribution < -0.4 is 9.80 Å². The van der Waals surface area contributed by atoms with Crippen LogP contribution in [0.25, 0.3) is 179 Å². The van der Waals surface area contributed by atoms with Crippen molar-refractivity contribution in [3.63, 3.8) is 0 Å². The summed E-state index contributed by atoms with van der Waals surface area (Å²) in [6.07, 6.45) is 13.3. The zero-order valence-electron chi connectivity index (χ0n) is 77.1. The lowest BCUT2D eigenvalue weighted by molar-refractivity contribution is 0.490. The Balaban J connectivity index is 0.593. The molecule has 2 heteroatoms. The third kappa shape index (κ3) is 14.8. The molecule has 648 valence electrons. The molecule has 2 nitrogen and oxygen atoms in total. The molecule has 0 saturated carbocycles. The van der Waals surface area contributed by atoms with Crippen LogP contribution in [0, 0.1) is 0 Å². The Morgan fingerprint density at radius 3 is 0.949 bits per heavy atom. The molecule has 21 aromatic rings. The third-order valence-electron chi connectivity index (χ3n) is 29.5. The van der Waals surface area contributed by atoms with Gasteiger partial charge in [-0.25, -0.2) is 0 Å². The summed E-state index contributed by atoms with van der Waals surface area (Å²) >= 11 is 0. The summed E-state index contributed by atoms with van der Waals surface area (Å²) in [5.41, 5.74) is 43.3. The first-order chi connectivity index (χ1) is 67.2. The zero-order chi connectivity index (χ0) is 91.2. The highest BCUT2D eigenvalue weighted by Crippen LogP contribution is 2.59. The quantitative estimate of drug-likeness (QED) is 0.0589. The summed E-state index contributed by atoms with van der Waals surface area (Å²) in [7, 11) is 0. The van der Waals surface area contributed by atoms with Crippen LogP contribution in [0.5, 0.6) is 0 Å². The molecule has 23 rings (SSSR count). The molecule has 2 aliphatic rings. The van der Waals surface area contributed by atoms with Gasteiger partial charge in [0.15, 0.2) is 0 Å². The number of hydrogen-bond acceptors (Lipinski definition) is 2. The lowest BCUT2D eigenvalue weighted by Gasteiger charge is -2.32. The van der Waals surface area contributed by atoms with Crippen molar-refractivity contribution in [2.75, 3.05) is 9.80 Å². The van der Waals surface area contributed by atoms with Crippen molar-refractivity contribution in [1.29, 1.82) is 0 Å². The van der Waals surface area contributed by atoms with Gasteiger partial charge < -0.3 is 9.80 Å². The first-order valence-corrected chi connectivity index (χ1v) is 48.2. The van der Waals surface area contributed by atoms with Gasteiger partial charge in [0.05, 0.1) is 0 Å². The maximum absolute atomic E-state index is 2.50. The molecule has 0 N–H and O–H groups in total. The molecule has 21 aromatic carbocycles. The summed E-state index contributed by atoms with van der Waals surface area (Å²) in [6, 6.07) is 176. The fourth-order valence-corrected chi connectivity index (χ4v) is 22.8. The molecule has 0 amide bonds. The van der Waals surface area contributed by atoms with Gasteiger partial charge in [-0.15, -0.1) is 0 Å². The molecular formula is C134H102N2. The lowest BCUT2D eigenvalue weighted by atomic mass is 9.73. The molecule has 0 aromatic heterocycles. The molecule has 2 aliphatic carbocycles. The van der Waals surface area contributed by atoms with Crippen LogP contribution in [0.4, 0.5) is 34.1 Å². The second-order valence-corrected chi connectivity index (χ2v) is 36.4. The molecule has 0 heterocycles. The smallest absolute Gasteiger partial charge is 0.0465 e. The Kier molecular flexibility index (Phi) is 22.1. The molecule has 0 aliphatic heterocycles. The van der Waals surface area contributed by atoms with Crippen molar-refractivity contribution >= 4 is 90.7 Å². The van der Waals surface area contributed by atoms with Crippen molar-refractivity contribution in [3.8, 4) is 122 Å². The number of rotatable bonds is 23. The Morgan fingerprint density at radius 1 is 0.176 bits per heavy atom. The van der Waals surface area contributed by atoms with Gasteiger partial charge >= 0.3 is 0 Å². The number of anilines is 6. The van der Waals surface area contributed by atoms with Crippen LogP contribution in [-0.2, 0) is 10.8 Å². The minimum absolute atomic E-state index is 0.144. The summed E-state index contributed by atoms with van der Waals surface area (Å²) in [5.74, 6) is 0. The second-order valence-electron chi connectivity index (χ2n) is 36.4. The first kappa shape index (κ1) is 83.8. The van der Waals surface area contributed by atoms with Gasteiger partial charge in [0.2, 0.25) is 0 Å². The highest BCUT2D eigenvalue weighted by atomic mass is 15.1. The van der Waals surface area contributed by atoms with Crippen molar-refractivity contribution in [1.82, 2.24) is 0 Å². The number of benzene rings is 21. The van der Waals surface area contributed by atoms with Crippen molar-refractivity contribution in [2.24, 2.45) is 0 Å². The largest absolute Gasteiger partial charge is 0.310 e. The normalized spacial score (nSPS) is 12.7. The van der Waals surface area contributed by atoms with E-state index in [2.05, 4.69) is 535 Å². The predicted octanol–water partition coefficient (Wildman–Crippen LogP) is 37.6. The molecule has 0 fully saturated rings. The van der Waals surface area contributed by atoms with Gasteiger partial charge in [0.1, 0.15) is 0 Å². The fraction of sp³-hybridized carbons (Fsp3) is 0.0746. The van der Waals surface area contributed by atoms with E-state index in [1.165, 1.54) is 172 Å². The Hall–Kier alpha value is -16.5. The molecule has 0 spiro atoms. The molecular weight excluding hydrogens is 1640 g/mol. The minimum Gasteiger partial charge on any atom is -0.310 e. The first-order valence-electron chi connectivity index (χ1n) is 48.2. The summed E-state index contributed by atoms with van der Waals surface area (Å²) < 4.78 is 0. The third-order valence-corrected chi connectivity index (χ3v) is 29.5. The van der Waals surface area contributed by atoms with Crippen LogP contribution in [0.1, 0.15) is 97.9 Å². The number of hydrogen-bond donors (Lipinski definition) is 0. The summed E-state index contributed by atoms with van der Waals surface area (Å²) in [4.78, 5) is 4.79. The summed E-state index contributed by atoms with van der Waals surface area (Å²) in [6.45, 7) is 9.49. The van der Waals surface area contributed by atoms with Crippen molar-refractivity contribution < 1.29 is 0 Å². The Morgan fingerprint density at radius 2 is 0.500 bits per heavy atom. The van der Waals surface area contributed by atoms with Crippen LogP contribution in [0.3, 0.4) is 0 Å². The summed E-state index contributed by atoms with van der Waals surface area (Å²) in [5, 5.41) is 7.23. The van der Waals surface area contributed by atoms with Gasteiger partial charge in [0.25, 0.3) is 0 Å². The second kappa shape index (κ2) is 35.9. The number of nitrogens with zero attached hydrogens (tertiary/aromatic N) is 2. The molecule has 136 heavy (non-hydrogen) atoms. The van der Waals surface area contributed by atoms with Gasteiger partial charge in [-0.3, -0.25) is 0 Å². The lowest BCUT2D eigenvalue weighted by Crippen LogP contribution is -2.23. The van der Waals surface area contributed by atoms with E-state index in [4.69, 9.17) is 0 Å². The average molecular weight is 1740 g/mol. The van der Waals surface area contributed by atoms with E-state index < -0.39 is 0 Å². The van der Waals surface area contributed by atoms with Crippen molar-refractivity contribution in [2.45, 2.75) is 64.2 Å². The maximum Gasteiger partial charge on any atom is 0.0465 e. The van der Waals surface area contributed by atoms with E-state index in [9.17, 15) is 0 Å².